The monoisotopic (exact) mass is 422 g/mol. The molecule has 1 aliphatic carbocycles. The van der Waals surface area contributed by atoms with Gasteiger partial charge in [0, 0.05) is 48.6 Å². The van der Waals surface area contributed by atoms with Gasteiger partial charge in [0.25, 0.3) is 0 Å². The summed E-state index contributed by atoms with van der Waals surface area (Å²) in [5.74, 6) is 2.15. The molecule has 0 radical (unpaired) electrons. The van der Waals surface area contributed by atoms with Crippen LogP contribution in [0.1, 0.15) is 28.1 Å². The molecule has 1 aromatic carbocycles. The second kappa shape index (κ2) is 7.49. The highest BCUT2D eigenvalue weighted by atomic mass is 32.2. The Morgan fingerprint density at radius 1 is 0.933 bits per heavy atom. The average molecular weight is 423 g/mol. The number of benzene rings is 1. The van der Waals surface area contributed by atoms with Crippen molar-refractivity contribution >= 4 is 15.6 Å². The predicted molar refractivity (Wildman–Crippen MR) is 114 cm³/mol. The van der Waals surface area contributed by atoms with Gasteiger partial charge >= 0.3 is 0 Å². The molecule has 0 unspecified atom stereocenters. The van der Waals surface area contributed by atoms with E-state index >= 15 is 0 Å². The van der Waals surface area contributed by atoms with Crippen LogP contribution in [-0.4, -0.2) is 48.7 Å². The molecule has 30 heavy (non-hydrogen) atoms. The summed E-state index contributed by atoms with van der Waals surface area (Å²) in [6.45, 7) is 1.60. The number of furan rings is 1. The van der Waals surface area contributed by atoms with Crippen LogP contribution < -0.4 is 0 Å². The minimum atomic E-state index is -2.91. The van der Waals surface area contributed by atoms with E-state index in [2.05, 4.69) is 16.0 Å². The van der Waals surface area contributed by atoms with Gasteiger partial charge in [-0.25, -0.2) is 8.42 Å². The highest BCUT2D eigenvalue weighted by molar-refractivity contribution is 7.91. The lowest BCUT2D eigenvalue weighted by molar-refractivity contribution is 0.0994. The van der Waals surface area contributed by atoms with Crippen molar-refractivity contribution in [3.63, 3.8) is 0 Å². The fourth-order valence-electron chi connectivity index (χ4n) is 4.21. The number of carbonyl (C=O) groups is 1. The maximum Gasteiger partial charge on any atom is 0.163 e. The number of carbonyl (C=O) groups excluding carboxylic acids is 1. The first-order valence-corrected chi connectivity index (χ1v) is 11.9. The van der Waals surface area contributed by atoms with Crippen LogP contribution >= 0.6 is 0 Å². The van der Waals surface area contributed by atoms with Gasteiger partial charge in [-0.1, -0.05) is 12.1 Å². The fourth-order valence-corrected chi connectivity index (χ4v) is 5.48. The number of aromatic nitrogens is 1. The number of rotatable bonds is 4. The first-order chi connectivity index (χ1) is 14.5. The van der Waals surface area contributed by atoms with E-state index in [-0.39, 0.29) is 17.3 Å². The molecule has 0 spiro atoms. The summed E-state index contributed by atoms with van der Waals surface area (Å²) in [6.07, 6.45) is 4.84. The van der Waals surface area contributed by atoms with Gasteiger partial charge in [0.1, 0.15) is 11.5 Å². The van der Waals surface area contributed by atoms with Gasteiger partial charge in [-0.05, 0) is 41.8 Å². The van der Waals surface area contributed by atoms with E-state index in [9.17, 15) is 13.2 Å². The molecule has 0 amide bonds. The van der Waals surface area contributed by atoms with Crippen molar-refractivity contribution in [2.24, 2.45) is 0 Å². The fraction of sp³-hybridized carbons (Fsp3) is 0.304. The summed E-state index contributed by atoms with van der Waals surface area (Å²) in [7, 11) is -2.91. The largest absolute Gasteiger partial charge is 0.459 e. The normalized spacial score (nSPS) is 18.5. The minimum absolute atomic E-state index is 0.191. The van der Waals surface area contributed by atoms with Crippen molar-refractivity contribution in [3.05, 3.63) is 65.7 Å². The number of aryl methyl sites for hydroxylation is 1. The van der Waals surface area contributed by atoms with Gasteiger partial charge in [0.15, 0.2) is 15.6 Å². The SMILES string of the molecule is O=C1CCc2cc(-c3oc(CN4CCS(=O)(=O)CC4)cc3-c3ccncc3)ccc21. The Hall–Kier alpha value is -2.77. The van der Waals surface area contributed by atoms with Crippen molar-refractivity contribution in [2.45, 2.75) is 19.4 Å². The highest BCUT2D eigenvalue weighted by Gasteiger charge is 2.25. The molecular weight excluding hydrogens is 400 g/mol. The third-order valence-corrected chi connectivity index (χ3v) is 7.49. The lowest BCUT2D eigenvalue weighted by atomic mass is 9.99. The molecule has 7 heteroatoms. The maximum atomic E-state index is 12.0. The molecule has 6 nitrogen and oxygen atoms in total. The Kier molecular flexibility index (Phi) is 4.79. The zero-order chi connectivity index (χ0) is 20.7. The number of hydrogen-bond donors (Lipinski definition) is 0. The number of sulfone groups is 1. The van der Waals surface area contributed by atoms with Crippen molar-refractivity contribution in [3.8, 4) is 22.5 Å². The third-order valence-electron chi connectivity index (χ3n) is 5.88. The summed E-state index contributed by atoms with van der Waals surface area (Å²) >= 11 is 0. The van der Waals surface area contributed by atoms with E-state index in [0.29, 0.717) is 26.1 Å². The molecular formula is C23H22N2O4S. The van der Waals surface area contributed by atoms with Crippen LogP contribution in [0.3, 0.4) is 0 Å². The van der Waals surface area contributed by atoms with E-state index in [0.717, 1.165) is 45.8 Å². The first-order valence-electron chi connectivity index (χ1n) is 10.1. The third kappa shape index (κ3) is 3.70. The molecule has 5 rings (SSSR count). The van der Waals surface area contributed by atoms with Crippen LogP contribution in [0, 0.1) is 0 Å². The standard InChI is InChI=1S/C23H22N2O4S/c26-22-4-2-17-13-18(1-3-20(17)22)23-21(16-5-7-24-8-6-16)14-19(29-23)15-25-9-11-30(27,28)12-10-25/h1,3,5-8,13-14H,2,4,9-12,15H2. The van der Waals surface area contributed by atoms with E-state index in [1.165, 1.54) is 0 Å². The highest BCUT2D eigenvalue weighted by Crippen LogP contribution is 2.37. The van der Waals surface area contributed by atoms with Crippen LogP contribution in [0.2, 0.25) is 0 Å². The molecule has 2 aromatic heterocycles. The predicted octanol–water partition coefficient (Wildman–Crippen LogP) is 3.37. The zero-order valence-corrected chi connectivity index (χ0v) is 17.3. The molecule has 1 aliphatic heterocycles. The summed E-state index contributed by atoms with van der Waals surface area (Å²) in [6, 6.07) is 11.8. The number of pyridine rings is 1. The second-order valence-corrected chi connectivity index (χ2v) is 10.2. The summed E-state index contributed by atoms with van der Waals surface area (Å²) in [4.78, 5) is 18.2. The van der Waals surface area contributed by atoms with Crippen molar-refractivity contribution in [1.82, 2.24) is 9.88 Å². The van der Waals surface area contributed by atoms with Crippen LogP contribution in [-0.2, 0) is 22.8 Å². The summed E-state index contributed by atoms with van der Waals surface area (Å²) < 4.78 is 29.7. The minimum Gasteiger partial charge on any atom is -0.459 e. The second-order valence-electron chi connectivity index (χ2n) is 7.91. The average Bonchev–Trinajstić information content (AvgIpc) is 3.34. The molecule has 154 valence electrons. The Morgan fingerprint density at radius 2 is 1.70 bits per heavy atom. The van der Waals surface area contributed by atoms with Gasteiger partial charge in [0.2, 0.25) is 0 Å². The molecule has 0 bridgehead atoms. The Morgan fingerprint density at radius 3 is 2.47 bits per heavy atom. The zero-order valence-electron chi connectivity index (χ0n) is 16.5. The molecule has 1 saturated heterocycles. The molecule has 0 atom stereocenters. The molecule has 0 N–H and O–H groups in total. The van der Waals surface area contributed by atoms with Crippen LogP contribution in [0.5, 0.6) is 0 Å². The topological polar surface area (TPSA) is 80.5 Å². The summed E-state index contributed by atoms with van der Waals surface area (Å²) in [5, 5.41) is 0. The van der Waals surface area contributed by atoms with Gasteiger partial charge < -0.3 is 4.42 Å². The summed E-state index contributed by atoms with van der Waals surface area (Å²) in [5.41, 5.74) is 4.81. The van der Waals surface area contributed by atoms with E-state index < -0.39 is 9.84 Å². The molecule has 0 saturated carbocycles. The Balaban J connectivity index is 1.51. The van der Waals surface area contributed by atoms with Gasteiger partial charge in [-0.15, -0.1) is 0 Å². The van der Waals surface area contributed by atoms with Gasteiger partial charge in [-0.2, -0.15) is 0 Å². The maximum absolute atomic E-state index is 12.0. The first kappa shape index (κ1) is 19.2. The molecule has 1 fully saturated rings. The van der Waals surface area contributed by atoms with E-state index in [4.69, 9.17) is 4.42 Å². The number of nitrogens with zero attached hydrogens (tertiary/aromatic N) is 2. The van der Waals surface area contributed by atoms with Crippen molar-refractivity contribution in [1.29, 1.82) is 0 Å². The van der Waals surface area contributed by atoms with Gasteiger partial charge in [-0.3, -0.25) is 14.7 Å². The Labute approximate surface area is 175 Å². The smallest absolute Gasteiger partial charge is 0.163 e. The van der Waals surface area contributed by atoms with Crippen LogP contribution in [0.25, 0.3) is 22.5 Å². The molecule has 3 heterocycles. The molecule has 2 aliphatic rings. The Bertz CT molecular complexity index is 1200. The van der Waals surface area contributed by atoms with Crippen LogP contribution in [0.15, 0.2) is 53.2 Å². The lowest BCUT2D eigenvalue weighted by Gasteiger charge is -2.25. The van der Waals surface area contributed by atoms with Crippen molar-refractivity contribution in [2.75, 3.05) is 24.6 Å². The molecule has 3 aromatic rings. The van der Waals surface area contributed by atoms with Crippen molar-refractivity contribution < 1.29 is 17.6 Å². The quantitative estimate of drug-likeness (QED) is 0.641. The number of Topliss-reactive ketones (excluding diaryl/α,β-unsaturated/α-hetero) is 1. The van der Waals surface area contributed by atoms with Crippen LogP contribution in [0.4, 0.5) is 0 Å². The number of hydrogen-bond acceptors (Lipinski definition) is 6. The van der Waals surface area contributed by atoms with Gasteiger partial charge in [0.05, 0.1) is 18.1 Å². The lowest BCUT2D eigenvalue weighted by Crippen LogP contribution is -2.39. The van der Waals surface area contributed by atoms with E-state index in [1.807, 2.05) is 30.3 Å². The number of fused-ring (bicyclic) bond motifs is 1. The van der Waals surface area contributed by atoms with E-state index in [1.54, 1.807) is 12.4 Å². The number of ketones is 1.